The van der Waals surface area contributed by atoms with Crippen LogP contribution in [-0.2, 0) is 16.1 Å². The Bertz CT molecular complexity index is 1310. The Balaban J connectivity index is 1.19. The van der Waals surface area contributed by atoms with Crippen LogP contribution in [0.4, 0.5) is 19.3 Å². The molecule has 2 aromatic rings. The number of nitrogens with zero attached hydrogens (tertiary/aromatic N) is 3. The standard InChI is InChI=1S/C27H25ClF2N4O3/c28-21-12-23(34-25(36)27(9-10-27)31-26(34)37)17(11-22(21)30)3-8-24(35)33-19-6-7-20(33)15-32(14-19)13-16-1-4-18(29)5-2-16/h1-5,8,11-12,19-20H,6-7,9-10,13-15H2,(H,31,37). The van der Waals surface area contributed by atoms with Crippen molar-refractivity contribution in [1.29, 1.82) is 0 Å². The number of halogens is 3. The van der Waals surface area contributed by atoms with E-state index in [1.165, 1.54) is 30.4 Å². The van der Waals surface area contributed by atoms with Crippen LogP contribution >= 0.6 is 11.6 Å². The first-order chi connectivity index (χ1) is 17.7. The van der Waals surface area contributed by atoms with E-state index >= 15 is 0 Å². The fourth-order valence-corrected chi connectivity index (χ4v) is 5.91. The van der Waals surface area contributed by atoms with Crippen LogP contribution in [0.2, 0.25) is 5.02 Å². The van der Waals surface area contributed by atoms with Crippen LogP contribution in [0.1, 0.15) is 36.8 Å². The zero-order valence-electron chi connectivity index (χ0n) is 19.9. The van der Waals surface area contributed by atoms with E-state index in [2.05, 4.69) is 10.2 Å². The van der Waals surface area contributed by atoms with Crippen LogP contribution in [-0.4, -0.2) is 58.4 Å². The summed E-state index contributed by atoms with van der Waals surface area (Å²) in [6.07, 6.45) is 5.70. The van der Waals surface area contributed by atoms with Crippen molar-refractivity contribution in [2.75, 3.05) is 18.0 Å². The fraction of sp³-hybridized carbons (Fsp3) is 0.370. The number of nitrogens with one attached hydrogen (secondary N) is 1. The lowest BCUT2D eigenvalue weighted by molar-refractivity contribution is -0.131. The van der Waals surface area contributed by atoms with Gasteiger partial charge in [0.05, 0.1) is 10.7 Å². The molecule has 0 aromatic heterocycles. The molecule has 4 fully saturated rings. The van der Waals surface area contributed by atoms with Crippen LogP contribution in [0.3, 0.4) is 0 Å². The molecule has 4 aliphatic rings. The third-order valence-electron chi connectivity index (χ3n) is 7.76. The van der Waals surface area contributed by atoms with E-state index in [0.717, 1.165) is 29.4 Å². The maximum atomic E-state index is 14.4. The monoisotopic (exact) mass is 526 g/mol. The van der Waals surface area contributed by atoms with Gasteiger partial charge < -0.3 is 10.2 Å². The average molecular weight is 527 g/mol. The lowest BCUT2D eigenvalue weighted by Crippen LogP contribution is -2.55. The molecule has 1 aliphatic carbocycles. The Labute approximate surface area is 217 Å². The average Bonchev–Trinajstić information content (AvgIpc) is 3.53. The van der Waals surface area contributed by atoms with Crippen LogP contribution in [0, 0.1) is 11.6 Å². The quantitative estimate of drug-likeness (QED) is 0.470. The molecule has 0 radical (unpaired) electrons. The van der Waals surface area contributed by atoms with Crippen molar-refractivity contribution in [2.45, 2.75) is 49.9 Å². The maximum absolute atomic E-state index is 14.4. The molecule has 2 atom stereocenters. The van der Waals surface area contributed by atoms with Gasteiger partial charge in [0, 0.05) is 43.4 Å². The molecule has 1 N–H and O–H groups in total. The van der Waals surface area contributed by atoms with Gasteiger partial charge in [0.2, 0.25) is 5.91 Å². The molecule has 2 unspecified atom stereocenters. The molecule has 10 heteroatoms. The lowest BCUT2D eigenvalue weighted by Gasteiger charge is -2.40. The SMILES string of the molecule is O=C1NC2(CC2)C(=O)N1c1cc(Cl)c(F)cc1C=CC(=O)N1C2CCC1CN(Cc1ccc(F)cc1)C2. The fourth-order valence-electron chi connectivity index (χ4n) is 5.76. The summed E-state index contributed by atoms with van der Waals surface area (Å²) in [5, 5.41) is 2.49. The minimum Gasteiger partial charge on any atom is -0.331 e. The van der Waals surface area contributed by atoms with E-state index in [9.17, 15) is 23.2 Å². The number of hydrogen-bond donors (Lipinski definition) is 1. The van der Waals surface area contributed by atoms with Crippen LogP contribution in [0.5, 0.6) is 0 Å². The number of likely N-dealkylation sites (tertiary alicyclic amines) is 1. The minimum absolute atomic E-state index is 0.0402. The van der Waals surface area contributed by atoms with Crippen LogP contribution < -0.4 is 10.2 Å². The van der Waals surface area contributed by atoms with E-state index in [-0.39, 0.29) is 40.1 Å². The summed E-state index contributed by atoms with van der Waals surface area (Å²) in [4.78, 5) is 43.9. The highest BCUT2D eigenvalue weighted by molar-refractivity contribution is 6.32. The van der Waals surface area contributed by atoms with E-state index in [0.29, 0.717) is 32.5 Å². The van der Waals surface area contributed by atoms with Crippen LogP contribution in [0.25, 0.3) is 6.08 Å². The maximum Gasteiger partial charge on any atom is 0.329 e. The largest absolute Gasteiger partial charge is 0.331 e. The first-order valence-electron chi connectivity index (χ1n) is 12.4. The number of urea groups is 1. The number of hydrogen-bond acceptors (Lipinski definition) is 4. The number of rotatable bonds is 5. The number of carbonyl (C=O) groups is 3. The van der Waals surface area contributed by atoms with Crippen molar-refractivity contribution in [2.24, 2.45) is 0 Å². The summed E-state index contributed by atoms with van der Waals surface area (Å²) in [5.74, 6) is -1.57. The Morgan fingerprint density at radius 3 is 2.38 bits per heavy atom. The van der Waals surface area contributed by atoms with Gasteiger partial charge in [0.25, 0.3) is 5.91 Å². The molecule has 6 rings (SSSR count). The van der Waals surface area contributed by atoms with E-state index in [4.69, 9.17) is 11.6 Å². The van der Waals surface area contributed by atoms with Crippen molar-refractivity contribution >= 4 is 41.2 Å². The summed E-state index contributed by atoms with van der Waals surface area (Å²) >= 11 is 5.99. The van der Waals surface area contributed by atoms with E-state index < -0.39 is 23.3 Å². The molecule has 1 saturated carbocycles. The first-order valence-corrected chi connectivity index (χ1v) is 12.7. The number of anilines is 1. The number of amides is 4. The molecule has 3 saturated heterocycles. The minimum atomic E-state index is -0.873. The number of piperazine rings is 1. The zero-order chi connectivity index (χ0) is 25.9. The van der Waals surface area contributed by atoms with Crippen molar-refractivity contribution in [3.63, 3.8) is 0 Å². The molecule has 37 heavy (non-hydrogen) atoms. The normalized spacial score (nSPS) is 24.4. The highest BCUT2D eigenvalue weighted by atomic mass is 35.5. The van der Waals surface area contributed by atoms with Gasteiger partial charge in [-0.05, 0) is 61.6 Å². The Morgan fingerprint density at radius 1 is 1.08 bits per heavy atom. The molecule has 2 aromatic carbocycles. The van der Waals surface area contributed by atoms with Gasteiger partial charge in [0.15, 0.2) is 0 Å². The van der Waals surface area contributed by atoms with Gasteiger partial charge in [-0.3, -0.25) is 14.5 Å². The second kappa shape index (κ2) is 8.92. The van der Waals surface area contributed by atoms with Gasteiger partial charge in [-0.25, -0.2) is 18.5 Å². The molecule has 3 aliphatic heterocycles. The highest BCUT2D eigenvalue weighted by Crippen LogP contribution is 2.43. The summed E-state index contributed by atoms with van der Waals surface area (Å²) < 4.78 is 27.6. The number of fused-ring (bicyclic) bond motifs is 2. The molecule has 4 amide bonds. The highest BCUT2D eigenvalue weighted by Gasteiger charge is 2.60. The molecule has 7 nitrogen and oxygen atoms in total. The molecule has 1 spiro atoms. The molecular formula is C27H25ClF2N4O3. The lowest BCUT2D eigenvalue weighted by atomic mass is 10.1. The predicted octanol–water partition coefficient (Wildman–Crippen LogP) is 4.10. The van der Waals surface area contributed by atoms with Gasteiger partial charge in [0.1, 0.15) is 17.2 Å². The number of benzene rings is 2. The first kappa shape index (κ1) is 24.1. The molecule has 192 valence electrons. The molecular weight excluding hydrogens is 502 g/mol. The predicted molar refractivity (Wildman–Crippen MR) is 134 cm³/mol. The van der Waals surface area contributed by atoms with Crippen molar-refractivity contribution < 1.29 is 23.2 Å². The van der Waals surface area contributed by atoms with Gasteiger partial charge in [-0.15, -0.1) is 0 Å². The topological polar surface area (TPSA) is 73.0 Å². The third kappa shape index (κ3) is 4.30. The molecule has 3 heterocycles. The second-order valence-electron chi connectivity index (χ2n) is 10.3. The van der Waals surface area contributed by atoms with Crippen molar-refractivity contribution in [3.8, 4) is 0 Å². The zero-order valence-corrected chi connectivity index (χ0v) is 20.7. The van der Waals surface area contributed by atoms with E-state index in [1.807, 2.05) is 4.90 Å². The van der Waals surface area contributed by atoms with Gasteiger partial charge in [-0.2, -0.15) is 0 Å². The van der Waals surface area contributed by atoms with Crippen molar-refractivity contribution in [3.05, 3.63) is 70.3 Å². The third-order valence-corrected chi connectivity index (χ3v) is 8.05. The Kier molecular flexibility index (Phi) is 5.80. The summed E-state index contributed by atoms with van der Waals surface area (Å²) in [6.45, 7) is 2.10. The van der Waals surface area contributed by atoms with Crippen LogP contribution in [0.15, 0.2) is 42.5 Å². The summed E-state index contributed by atoms with van der Waals surface area (Å²) in [5.41, 5.74) is 0.514. The van der Waals surface area contributed by atoms with Crippen molar-refractivity contribution in [1.82, 2.24) is 15.1 Å². The Morgan fingerprint density at radius 2 is 1.76 bits per heavy atom. The van der Waals surface area contributed by atoms with E-state index in [1.54, 1.807) is 12.1 Å². The summed E-state index contributed by atoms with van der Waals surface area (Å²) in [7, 11) is 0. The number of carbonyl (C=O) groups excluding carboxylic acids is 3. The van der Waals surface area contributed by atoms with Gasteiger partial charge in [-0.1, -0.05) is 23.7 Å². The van der Waals surface area contributed by atoms with Gasteiger partial charge >= 0.3 is 6.03 Å². The molecule has 2 bridgehead atoms. The second-order valence-corrected chi connectivity index (χ2v) is 10.7. The Hall–Kier alpha value is -3.30. The summed E-state index contributed by atoms with van der Waals surface area (Å²) in [6, 6.07) is 8.33. The number of imide groups is 1. The smallest absolute Gasteiger partial charge is 0.329 e.